The molecule has 0 aliphatic carbocycles. The van der Waals surface area contributed by atoms with Gasteiger partial charge in [-0.1, -0.05) is 6.07 Å². The number of rotatable bonds is 6. The van der Waals surface area contributed by atoms with Crippen molar-refractivity contribution in [2.45, 2.75) is 13.3 Å². The number of hydrogen-bond donors (Lipinski definition) is 2. The maximum atomic E-state index is 13.1. The molecule has 5 nitrogen and oxygen atoms in total. The zero-order valence-electron chi connectivity index (χ0n) is 12.4. The van der Waals surface area contributed by atoms with Crippen LogP contribution in [0.3, 0.4) is 0 Å². The standard InChI is InChI=1S/C15H19FN4O/c1-10-8-12(16)5-4-11(10)6-7-18-15-13(21-3)14(17-2)19-9-20-15/h4-5,8-9H,6-7H2,1-3H3,(H2,17,18,19,20). The normalized spacial score (nSPS) is 10.3. The first kappa shape index (κ1) is 15.0. The Kier molecular flexibility index (Phi) is 4.92. The molecule has 0 saturated heterocycles. The lowest BCUT2D eigenvalue weighted by Crippen LogP contribution is -2.10. The van der Waals surface area contributed by atoms with Gasteiger partial charge in [-0.3, -0.25) is 0 Å². The van der Waals surface area contributed by atoms with Gasteiger partial charge in [0.2, 0.25) is 5.75 Å². The van der Waals surface area contributed by atoms with Crippen molar-refractivity contribution < 1.29 is 9.13 Å². The van der Waals surface area contributed by atoms with Crippen LogP contribution < -0.4 is 15.4 Å². The first-order valence-corrected chi connectivity index (χ1v) is 6.71. The van der Waals surface area contributed by atoms with Crippen molar-refractivity contribution in [3.05, 3.63) is 41.5 Å². The molecule has 112 valence electrons. The van der Waals surface area contributed by atoms with Crippen molar-refractivity contribution in [1.29, 1.82) is 0 Å². The van der Waals surface area contributed by atoms with Crippen molar-refractivity contribution in [2.75, 3.05) is 31.3 Å². The smallest absolute Gasteiger partial charge is 0.204 e. The Morgan fingerprint density at radius 3 is 2.67 bits per heavy atom. The van der Waals surface area contributed by atoms with Gasteiger partial charge >= 0.3 is 0 Å². The van der Waals surface area contributed by atoms with Crippen LogP contribution >= 0.6 is 0 Å². The molecule has 0 aliphatic heterocycles. The fourth-order valence-electron chi connectivity index (χ4n) is 2.13. The molecule has 2 aromatic rings. The molecule has 0 spiro atoms. The Bertz CT molecular complexity index is 619. The molecule has 21 heavy (non-hydrogen) atoms. The number of anilines is 2. The van der Waals surface area contributed by atoms with Gasteiger partial charge in [0, 0.05) is 13.6 Å². The molecular weight excluding hydrogens is 271 g/mol. The monoisotopic (exact) mass is 290 g/mol. The van der Waals surface area contributed by atoms with Crippen LogP contribution in [0.25, 0.3) is 0 Å². The second kappa shape index (κ2) is 6.88. The molecule has 2 N–H and O–H groups in total. The third-order valence-electron chi connectivity index (χ3n) is 3.24. The lowest BCUT2D eigenvalue weighted by molar-refractivity contribution is 0.415. The molecule has 6 heteroatoms. The third-order valence-corrected chi connectivity index (χ3v) is 3.24. The predicted molar refractivity (Wildman–Crippen MR) is 81.5 cm³/mol. The van der Waals surface area contributed by atoms with Gasteiger partial charge in [-0.05, 0) is 36.6 Å². The average Bonchev–Trinajstić information content (AvgIpc) is 2.49. The molecule has 0 aliphatic rings. The van der Waals surface area contributed by atoms with E-state index in [1.54, 1.807) is 20.2 Å². The molecule has 0 amide bonds. The first-order chi connectivity index (χ1) is 10.2. The highest BCUT2D eigenvalue weighted by atomic mass is 19.1. The largest absolute Gasteiger partial charge is 0.490 e. The Balaban J connectivity index is 2.03. The molecular formula is C15H19FN4O. The molecule has 0 radical (unpaired) electrons. The van der Waals surface area contributed by atoms with Crippen LogP contribution in [-0.4, -0.2) is 30.7 Å². The minimum absolute atomic E-state index is 0.208. The topological polar surface area (TPSA) is 59.1 Å². The van der Waals surface area contributed by atoms with Gasteiger partial charge in [0.05, 0.1) is 7.11 Å². The molecule has 0 bridgehead atoms. The van der Waals surface area contributed by atoms with E-state index < -0.39 is 0 Å². The van der Waals surface area contributed by atoms with Gasteiger partial charge in [-0.2, -0.15) is 0 Å². The van der Waals surface area contributed by atoms with Crippen LogP contribution in [0.2, 0.25) is 0 Å². The summed E-state index contributed by atoms with van der Waals surface area (Å²) in [4.78, 5) is 8.27. The van der Waals surface area contributed by atoms with Crippen molar-refractivity contribution >= 4 is 11.6 Å². The van der Waals surface area contributed by atoms with Gasteiger partial charge in [-0.15, -0.1) is 0 Å². The molecule has 1 aromatic carbocycles. The van der Waals surface area contributed by atoms with Crippen molar-refractivity contribution in [3.8, 4) is 5.75 Å². The predicted octanol–water partition coefficient (Wildman–Crippen LogP) is 2.63. The van der Waals surface area contributed by atoms with E-state index >= 15 is 0 Å². The summed E-state index contributed by atoms with van der Waals surface area (Å²) in [7, 11) is 3.35. The average molecular weight is 290 g/mol. The van der Waals surface area contributed by atoms with Crippen LogP contribution in [0.15, 0.2) is 24.5 Å². The second-order valence-electron chi connectivity index (χ2n) is 4.60. The highest BCUT2D eigenvalue weighted by Gasteiger charge is 2.10. The SMILES string of the molecule is CNc1ncnc(NCCc2ccc(F)cc2C)c1OC. The van der Waals surface area contributed by atoms with E-state index in [4.69, 9.17) is 4.74 Å². The third kappa shape index (κ3) is 3.59. The summed E-state index contributed by atoms with van der Waals surface area (Å²) < 4.78 is 18.4. The lowest BCUT2D eigenvalue weighted by Gasteiger charge is -2.13. The highest BCUT2D eigenvalue weighted by molar-refractivity contribution is 5.63. The molecule has 0 fully saturated rings. The van der Waals surface area contributed by atoms with E-state index in [0.717, 1.165) is 17.5 Å². The summed E-state index contributed by atoms with van der Waals surface area (Å²) in [5.74, 6) is 1.64. The Morgan fingerprint density at radius 1 is 1.24 bits per heavy atom. The maximum Gasteiger partial charge on any atom is 0.204 e. The molecule has 0 saturated carbocycles. The van der Waals surface area contributed by atoms with E-state index in [1.807, 2.05) is 13.0 Å². The Labute approximate surface area is 123 Å². The van der Waals surface area contributed by atoms with E-state index in [9.17, 15) is 4.39 Å². The van der Waals surface area contributed by atoms with Crippen LogP contribution in [-0.2, 0) is 6.42 Å². The molecule has 0 atom stereocenters. The van der Waals surface area contributed by atoms with Crippen LogP contribution in [0.5, 0.6) is 5.75 Å². The summed E-state index contributed by atoms with van der Waals surface area (Å²) >= 11 is 0. The van der Waals surface area contributed by atoms with E-state index in [-0.39, 0.29) is 5.82 Å². The lowest BCUT2D eigenvalue weighted by atomic mass is 10.1. The molecule has 1 aromatic heterocycles. The van der Waals surface area contributed by atoms with Crippen LogP contribution in [0, 0.1) is 12.7 Å². The number of aryl methyl sites for hydroxylation is 1. The fourth-order valence-corrected chi connectivity index (χ4v) is 2.13. The van der Waals surface area contributed by atoms with E-state index in [1.165, 1.54) is 12.4 Å². The zero-order chi connectivity index (χ0) is 15.2. The molecule has 2 rings (SSSR count). The number of nitrogens with zero attached hydrogens (tertiary/aromatic N) is 2. The number of hydrogen-bond acceptors (Lipinski definition) is 5. The van der Waals surface area contributed by atoms with Gasteiger partial charge in [0.25, 0.3) is 0 Å². The Morgan fingerprint density at radius 2 is 2.00 bits per heavy atom. The zero-order valence-corrected chi connectivity index (χ0v) is 12.4. The fraction of sp³-hybridized carbons (Fsp3) is 0.333. The number of methoxy groups -OCH3 is 1. The quantitative estimate of drug-likeness (QED) is 0.856. The Hall–Kier alpha value is -2.37. The van der Waals surface area contributed by atoms with Gasteiger partial charge in [-0.25, -0.2) is 14.4 Å². The van der Waals surface area contributed by atoms with Gasteiger partial charge < -0.3 is 15.4 Å². The summed E-state index contributed by atoms with van der Waals surface area (Å²) in [6, 6.07) is 4.83. The van der Waals surface area contributed by atoms with Crippen LogP contribution in [0.1, 0.15) is 11.1 Å². The molecule has 1 heterocycles. The second-order valence-corrected chi connectivity index (χ2v) is 4.60. The number of ether oxygens (including phenoxy) is 1. The highest BCUT2D eigenvalue weighted by Crippen LogP contribution is 2.28. The van der Waals surface area contributed by atoms with Crippen LogP contribution in [0.4, 0.5) is 16.0 Å². The summed E-state index contributed by atoms with van der Waals surface area (Å²) in [6.45, 7) is 2.58. The number of nitrogens with one attached hydrogen (secondary N) is 2. The summed E-state index contributed by atoms with van der Waals surface area (Å²) in [5.41, 5.74) is 2.05. The summed E-state index contributed by atoms with van der Waals surface area (Å²) in [6.07, 6.45) is 2.24. The molecule has 0 unspecified atom stereocenters. The van der Waals surface area contributed by atoms with Gasteiger partial charge in [0.1, 0.15) is 12.1 Å². The minimum Gasteiger partial charge on any atom is -0.490 e. The number of aromatic nitrogens is 2. The maximum absolute atomic E-state index is 13.1. The van der Waals surface area contributed by atoms with E-state index in [2.05, 4.69) is 20.6 Å². The number of benzene rings is 1. The minimum atomic E-state index is -0.208. The first-order valence-electron chi connectivity index (χ1n) is 6.71. The number of halogens is 1. The van der Waals surface area contributed by atoms with Gasteiger partial charge in [0.15, 0.2) is 11.6 Å². The van der Waals surface area contributed by atoms with Crippen molar-refractivity contribution in [1.82, 2.24) is 9.97 Å². The van der Waals surface area contributed by atoms with Crippen molar-refractivity contribution in [2.24, 2.45) is 0 Å². The summed E-state index contributed by atoms with van der Waals surface area (Å²) in [5, 5.41) is 6.17. The van der Waals surface area contributed by atoms with E-state index in [0.29, 0.717) is 23.9 Å². The van der Waals surface area contributed by atoms with Crippen molar-refractivity contribution in [3.63, 3.8) is 0 Å².